The van der Waals surface area contributed by atoms with E-state index in [4.69, 9.17) is 9.84 Å². The molecule has 2 rings (SSSR count). The Hall–Kier alpha value is -4.08. The molecule has 0 heterocycles. The van der Waals surface area contributed by atoms with E-state index in [1.54, 1.807) is 20.8 Å². The first kappa shape index (κ1) is 32.1. The van der Waals surface area contributed by atoms with Gasteiger partial charge in [-0.3, -0.25) is 9.59 Å². The summed E-state index contributed by atoms with van der Waals surface area (Å²) in [6.45, 7) is 6.17. The van der Waals surface area contributed by atoms with Crippen molar-refractivity contribution in [2.24, 2.45) is 0 Å². The van der Waals surface area contributed by atoms with Crippen LogP contribution in [-0.4, -0.2) is 59.9 Å². The van der Waals surface area contributed by atoms with E-state index in [2.05, 4.69) is 21.3 Å². The predicted molar refractivity (Wildman–Crippen MR) is 153 cm³/mol. The van der Waals surface area contributed by atoms with Gasteiger partial charge in [0.25, 0.3) is 0 Å². The zero-order valence-electron chi connectivity index (χ0n) is 23.6. The van der Waals surface area contributed by atoms with E-state index in [9.17, 15) is 19.2 Å². The van der Waals surface area contributed by atoms with Gasteiger partial charge in [-0.05, 0) is 44.7 Å². The highest BCUT2D eigenvalue weighted by Gasteiger charge is 2.24. The summed E-state index contributed by atoms with van der Waals surface area (Å²) < 4.78 is 5.32. The largest absolute Gasteiger partial charge is 0.465 e. The number of carbonyl (C=O) groups excluding carboxylic acids is 3. The van der Waals surface area contributed by atoms with Crippen molar-refractivity contribution in [3.8, 4) is 0 Å². The Morgan fingerprint density at radius 2 is 1.12 bits per heavy atom. The Kier molecular flexibility index (Phi) is 13.5. The molecule has 4 amide bonds. The maximum Gasteiger partial charge on any atom is 0.408 e. The number of carboxylic acid groups (broad SMARTS) is 1. The number of rotatable bonds is 15. The number of ether oxygens (including phenoxy) is 1. The second-order valence-corrected chi connectivity index (χ2v) is 10.6. The fourth-order valence-electron chi connectivity index (χ4n) is 3.99. The summed E-state index contributed by atoms with van der Waals surface area (Å²) in [4.78, 5) is 48.8. The Morgan fingerprint density at radius 1 is 0.700 bits per heavy atom. The quantitative estimate of drug-likeness (QED) is 0.212. The number of nitrogens with one attached hydrogen (secondary N) is 4. The van der Waals surface area contributed by atoms with Crippen molar-refractivity contribution in [2.45, 2.75) is 77.0 Å². The summed E-state index contributed by atoms with van der Waals surface area (Å²) in [5.41, 5.74) is 1.11. The van der Waals surface area contributed by atoms with Crippen LogP contribution in [0.1, 0.15) is 57.6 Å². The van der Waals surface area contributed by atoms with Crippen LogP contribution in [0.5, 0.6) is 0 Å². The van der Waals surface area contributed by atoms with Gasteiger partial charge < -0.3 is 31.1 Å². The van der Waals surface area contributed by atoms with E-state index in [1.165, 1.54) is 0 Å². The number of benzene rings is 2. The molecule has 0 fully saturated rings. The van der Waals surface area contributed by atoms with E-state index in [0.29, 0.717) is 19.5 Å². The van der Waals surface area contributed by atoms with Crippen molar-refractivity contribution >= 4 is 24.0 Å². The molecule has 218 valence electrons. The summed E-state index contributed by atoms with van der Waals surface area (Å²) in [5.74, 6) is -0.641. The minimum atomic E-state index is -1.24. The SMILES string of the molecule is CC(C)(C)OC(=O)N[C@@H](Cc1ccccc1)C(=O)NCCCCCCNC(=O)[C@H](Cc1ccccc1)NC(=O)O. The Bertz CT molecular complexity index is 1070. The number of alkyl carbamates (subject to hydrolysis) is 1. The van der Waals surface area contributed by atoms with E-state index in [0.717, 1.165) is 36.8 Å². The Balaban J connectivity index is 1.71. The number of amides is 4. The minimum Gasteiger partial charge on any atom is -0.465 e. The van der Waals surface area contributed by atoms with Gasteiger partial charge in [-0.1, -0.05) is 73.5 Å². The molecule has 10 nitrogen and oxygen atoms in total. The third kappa shape index (κ3) is 13.6. The van der Waals surface area contributed by atoms with Crippen LogP contribution < -0.4 is 21.3 Å². The van der Waals surface area contributed by atoms with Crippen molar-refractivity contribution in [3.05, 3.63) is 71.8 Å². The average Bonchev–Trinajstić information content (AvgIpc) is 2.89. The van der Waals surface area contributed by atoms with Crippen LogP contribution in [0.2, 0.25) is 0 Å². The third-order valence-corrected chi connectivity index (χ3v) is 5.89. The van der Waals surface area contributed by atoms with Crippen molar-refractivity contribution in [1.29, 1.82) is 0 Å². The Labute approximate surface area is 236 Å². The first-order valence-corrected chi connectivity index (χ1v) is 13.7. The standard InChI is InChI=1S/C30H42N4O6/c1-30(2,3)40-29(39)34-25(21-23-16-10-7-11-17-23)27(36)32-19-13-5-4-12-18-31-26(35)24(33-28(37)38)20-22-14-8-6-9-15-22/h6-11,14-17,24-25,33H,4-5,12-13,18-21H2,1-3H3,(H,31,35)(H,32,36)(H,34,39)(H,37,38)/t24-,25-/m0/s1. The van der Waals surface area contributed by atoms with Crippen molar-refractivity contribution < 1.29 is 29.0 Å². The molecule has 2 atom stereocenters. The molecule has 0 radical (unpaired) electrons. The summed E-state index contributed by atoms with van der Waals surface area (Å²) in [5, 5.41) is 19.8. The van der Waals surface area contributed by atoms with Gasteiger partial charge in [0.2, 0.25) is 11.8 Å². The summed E-state index contributed by atoms with van der Waals surface area (Å²) in [7, 11) is 0. The lowest BCUT2D eigenvalue weighted by atomic mass is 10.1. The van der Waals surface area contributed by atoms with Gasteiger partial charge >= 0.3 is 12.2 Å². The first-order valence-electron chi connectivity index (χ1n) is 13.7. The van der Waals surface area contributed by atoms with Crippen molar-refractivity contribution in [2.75, 3.05) is 13.1 Å². The van der Waals surface area contributed by atoms with Crippen LogP contribution in [0.15, 0.2) is 60.7 Å². The fourth-order valence-corrected chi connectivity index (χ4v) is 3.99. The normalized spacial score (nSPS) is 12.5. The van der Waals surface area contributed by atoms with Gasteiger partial charge in [0, 0.05) is 25.9 Å². The predicted octanol–water partition coefficient (Wildman–Crippen LogP) is 3.79. The number of hydrogen-bond acceptors (Lipinski definition) is 5. The lowest BCUT2D eigenvalue weighted by molar-refractivity contribution is -0.123. The molecule has 2 aromatic carbocycles. The molecule has 5 N–H and O–H groups in total. The van der Waals surface area contributed by atoms with Crippen LogP contribution in [0.3, 0.4) is 0 Å². The van der Waals surface area contributed by atoms with Gasteiger partial charge in [-0.2, -0.15) is 0 Å². The van der Waals surface area contributed by atoms with E-state index in [-0.39, 0.29) is 18.2 Å². The highest BCUT2D eigenvalue weighted by molar-refractivity contribution is 5.86. The summed E-state index contributed by atoms with van der Waals surface area (Å²) in [6.07, 6.45) is 1.85. The van der Waals surface area contributed by atoms with E-state index >= 15 is 0 Å². The maximum absolute atomic E-state index is 12.9. The molecule has 0 aliphatic heterocycles. The molecule has 0 saturated carbocycles. The number of carbonyl (C=O) groups is 4. The van der Waals surface area contributed by atoms with Gasteiger partial charge in [0.05, 0.1) is 0 Å². The maximum atomic E-state index is 12.9. The van der Waals surface area contributed by atoms with Crippen LogP contribution in [0, 0.1) is 0 Å². The Morgan fingerprint density at radius 3 is 1.52 bits per heavy atom. The van der Waals surface area contributed by atoms with Crippen LogP contribution in [0.4, 0.5) is 9.59 Å². The van der Waals surface area contributed by atoms with Crippen LogP contribution >= 0.6 is 0 Å². The highest BCUT2D eigenvalue weighted by atomic mass is 16.6. The molecule has 0 aromatic heterocycles. The second kappa shape index (κ2) is 16.8. The molecular formula is C30H42N4O6. The number of unbranched alkanes of at least 4 members (excludes halogenated alkanes) is 3. The molecule has 0 aliphatic rings. The average molecular weight is 555 g/mol. The molecule has 0 spiro atoms. The van der Waals surface area contributed by atoms with Gasteiger partial charge in [0.1, 0.15) is 17.7 Å². The fraction of sp³-hybridized carbons (Fsp3) is 0.467. The smallest absolute Gasteiger partial charge is 0.408 e. The lowest BCUT2D eigenvalue weighted by Gasteiger charge is -2.23. The second-order valence-electron chi connectivity index (χ2n) is 10.6. The molecule has 2 aromatic rings. The van der Waals surface area contributed by atoms with Crippen molar-refractivity contribution in [1.82, 2.24) is 21.3 Å². The van der Waals surface area contributed by atoms with E-state index < -0.39 is 29.9 Å². The molecule has 40 heavy (non-hydrogen) atoms. The zero-order valence-corrected chi connectivity index (χ0v) is 23.6. The highest BCUT2D eigenvalue weighted by Crippen LogP contribution is 2.09. The zero-order chi connectivity index (χ0) is 29.4. The number of hydrogen-bond donors (Lipinski definition) is 5. The van der Waals surface area contributed by atoms with Gasteiger partial charge in [-0.25, -0.2) is 9.59 Å². The minimum absolute atomic E-state index is 0.271. The lowest BCUT2D eigenvalue weighted by Crippen LogP contribution is -2.49. The monoisotopic (exact) mass is 554 g/mol. The van der Waals surface area contributed by atoms with Gasteiger partial charge in [-0.15, -0.1) is 0 Å². The summed E-state index contributed by atoms with van der Waals surface area (Å²) in [6, 6.07) is 17.1. The summed E-state index contributed by atoms with van der Waals surface area (Å²) >= 11 is 0. The van der Waals surface area contributed by atoms with Crippen LogP contribution in [-0.2, 0) is 27.2 Å². The van der Waals surface area contributed by atoms with Gasteiger partial charge in [0.15, 0.2) is 0 Å². The molecule has 0 bridgehead atoms. The van der Waals surface area contributed by atoms with E-state index in [1.807, 2.05) is 60.7 Å². The topological polar surface area (TPSA) is 146 Å². The van der Waals surface area contributed by atoms with Crippen LogP contribution in [0.25, 0.3) is 0 Å². The molecular weight excluding hydrogens is 512 g/mol. The molecule has 0 aliphatic carbocycles. The first-order chi connectivity index (χ1) is 19.0. The molecule has 0 saturated heterocycles. The molecule has 10 heteroatoms. The third-order valence-electron chi connectivity index (χ3n) is 5.89. The van der Waals surface area contributed by atoms with Crippen molar-refractivity contribution in [3.63, 3.8) is 0 Å². The molecule has 0 unspecified atom stereocenters.